The lowest BCUT2D eigenvalue weighted by Gasteiger charge is -2.37. The molecule has 2 aliphatic rings. The summed E-state index contributed by atoms with van der Waals surface area (Å²) in [5.41, 5.74) is 2.53. The van der Waals surface area contributed by atoms with Crippen molar-refractivity contribution in [3.63, 3.8) is 0 Å². The molecule has 2 unspecified atom stereocenters. The van der Waals surface area contributed by atoms with Gasteiger partial charge >= 0.3 is 0 Å². The van der Waals surface area contributed by atoms with Crippen molar-refractivity contribution >= 4 is 21.7 Å². The molecule has 4 heteroatoms. The van der Waals surface area contributed by atoms with Gasteiger partial charge in [-0.1, -0.05) is 22.9 Å². The van der Waals surface area contributed by atoms with E-state index in [2.05, 4.69) is 39.9 Å². The number of nitrogens with zero attached hydrogens (tertiary/aromatic N) is 1. The van der Waals surface area contributed by atoms with Crippen LogP contribution in [0.3, 0.4) is 0 Å². The van der Waals surface area contributed by atoms with Gasteiger partial charge in [-0.3, -0.25) is 9.69 Å². The van der Waals surface area contributed by atoms with E-state index in [1.54, 1.807) is 0 Å². The van der Waals surface area contributed by atoms with Crippen LogP contribution in [-0.2, 0) is 17.8 Å². The molecule has 1 fully saturated rings. The Morgan fingerprint density at radius 2 is 2.15 bits per heavy atom. The van der Waals surface area contributed by atoms with Gasteiger partial charge < -0.3 is 4.74 Å². The molecule has 0 aliphatic carbocycles. The number of benzene rings is 1. The summed E-state index contributed by atoms with van der Waals surface area (Å²) in [5.74, 6) is 1.58. The number of likely N-dealkylation sites (tertiary alicyclic amines) is 1. The van der Waals surface area contributed by atoms with Gasteiger partial charge in [-0.15, -0.1) is 0 Å². The van der Waals surface area contributed by atoms with E-state index in [9.17, 15) is 4.79 Å². The van der Waals surface area contributed by atoms with E-state index in [-0.39, 0.29) is 5.92 Å². The lowest BCUT2D eigenvalue weighted by Crippen LogP contribution is -2.46. The van der Waals surface area contributed by atoms with Gasteiger partial charge in [0.15, 0.2) is 0 Å². The number of hydrogen-bond donors (Lipinski definition) is 0. The van der Waals surface area contributed by atoms with E-state index in [0.717, 1.165) is 36.3 Å². The second kappa shape index (κ2) is 5.49. The van der Waals surface area contributed by atoms with E-state index >= 15 is 0 Å². The van der Waals surface area contributed by atoms with Crippen LogP contribution in [0.15, 0.2) is 16.6 Å². The molecule has 1 aromatic rings. The monoisotopic (exact) mass is 337 g/mol. The average molecular weight is 338 g/mol. The van der Waals surface area contributed by atoms with Crippen LogP contribution in [-0.4, -0.2) is 29.9 Å². The zero-order valence-electron chi connectivity index (χ0n) is 12.0. The van der Waals surface area contributed by atoms with Gasteiger partial charge in [0.05, 0.1) is 6.61 Å². The van der Waals surface area contributed by atoms with Gasteiger partial charge in [0, 0.05) is 47.9 Å². The third kappa shape index (κ3) is 2.51. The first kappa shape index (κ1) is 14.1. The van der Waals surface area contributed by atoms with Crippen LogP contribution in [0.1, 0.15) is 31.4 Å². The van der Waals surface area contributed by atoms with Crippen LogP contribution in [0.4, 0.5) is 0 Å². The fourth-order valence-corrected chi connectivity index (χ4v) is 3.73. The van der Waals surface area contributed by atoms with Crippen molar-refractivity contribution in [1.29, 1.82) is 0 Å². The Morgan fingerprint density at radius 3 is 2.95 bits per heavy atom. The van der Waals surface area contributed by atoms with Crippen molar-refractivity contribution in [1.82, 2.24) is 4.90 Å². The highest BCUT2D eigenvalue weighted by atomic mass is 79.9. The van der Waals surface area contributed by atoms with Crippen LogP contribution in [0.25, 0.3) is 0 Å². The van der Waals surface area contributed by atoms with E-state index in [1.165, 1.54) is 11.1 Å². The molecule has 1 aromatic carbocycles. The number of Topliss-reactive ketones (excluding diaryl/α,β-unsaturated/α-hetero) is 1. The predicted molar refractivity (Wildman–Crippen MR) is 82.0 cm³/mol. The largest absolute Gasteiger partial charge is 0.493 e. The zero-order valence-corrected chi connectivity index (χ0v) is 13.6. The summed E-state index contributed by atoms with van der Waals surface area (Å²) in [4.78, 5) is 14.2. The molecule has 2 heterocycles. The van der Waals surface area contributed by atoms with Crippen molar-refractivity contribution in [3.8, 4) is 5.75 Å². The molecule has 0 radical (unpaired) electrons. The fraction of sp³-hybridized carbons (Fsp3) is 0.562. The first-order chi connectivity index (χ1) is 9.56. The normalized spacial score (nSPS) is 26.4. The Bertz CT molecular complexity index is 544. The van der Waals surface area contributed by atoms with Gasteiger partial charge in [-0.05, 0) is 24.6 Å². The molecular formula is C16H20BrNO2. The van der Waals surface area contributed by atoms with Crippen molar-refractivity contribution in [2.45, 2.75) is 39.3 Å². The van der Waals surface area contributed by atoms with Gasteiger partial charge in [-0.2, -0.15) is 0 Å². The Morgan fingerprint density at radius 1 is 1.35 bits per heavy atom. The zero-order chi connectivity index (χ0) is 14.3. The molecule has 0 N–H and O–H groups in total. The Kier molecular flexibility index (Phi) is 3.87. The molecule has 2 atom stereocenters. The molecule has 0 saturated carbocycles. The maximum absolute atomic E-state index is 11.8. The van der Waals surface area contributed by atoms with E-state index in [0.29, 0.717) is 18.2 Å². The summed E-state index contributed by atoms with van der Waals surface area (Å²) in [6.07, 6.45) is 1.66. The third-order valence-electron chi connectivity index (χ3n) is 4.65. The van der Waals surface area contributed by atoms with Crippen LogP contribution < -0.4 is 4.74 Å². The number of carbonyl (C=O) groups is 1. The smallest absolute Gasteiger partial charge is 0.138 e. The molecule has 3 rings (SSSR count). The summed E-state index contributed by atoms with van der Waals surface area (Å²) >= 11 is 3.59. The molecule has 108 valence electrons. The van der Waals surface area contributed by atoms with Crippen molar-refractivity contribution in [2.24, 2.45) is 5.92 Å². The Hall–Kier alpha value is -0.870. The third-order valence-corrected chi connectivity index (χ3v) is 5.11. The van der Waals surface area contributed by atoms with Crippen molar-refractivity contribution in [2.75, 3.05) is 13.2 Å². The minimum atomic E-state index is 0.130. The average Bonchev–Trinajstić information content (AvgIpc) is 2.87. The van der Waals surface area contributed by atoms with E-state index in [4.69, 9.17) is 4.74 Å². The lowest BCUT2D eigenvalue weighted by molar-refractivity contribution is -0.128. The van der Waals surface area contributed by atoms with Gasteiger partial charge in [0.2, 0.25) is 0 Å². The molecule has 20 heavy (non-hydrogen) atoms. The van der Waals surface area contributed by atoms with E-state index < -0.39 is 0 Å². The second-order valence-corrected chi connectivity index (χ2v) is 6.78. The maximum atomic E-state index is 11.8. The minimum absolute atomic E-state index is 0.130. The first-order valence-electron chi connectivity index (χ1n) is 7.27. The Balaban J connectivity index is 1.83. The number of ether oxygens (including phenoxy) is 1. The number of ketones is 1. The SMILES string of the molecule is CC1C(=O)CCN(Cc2cc(Br)cc3c2OCC3)C1C. The highest BCUT2D eigenvalue weighted by Crippen LogP contribution is 2.35. The highest BCUT2D eigenvalue weighted by Gasteiger charge is 2.31. The summed E-state index contributed by atoms with van der Waals surface area (Å²) in [6, 6.07) is 4.60. The fourth-order valence-electron chi connectivity index (χ4n) is 3.18. The van der Waals surface area contributed by atoms with Gasteiger partial charge in [-0.25, -0.2) is 0 Å². The second-order valence-electron chi connectivity index (χ2n) is 5.87. The van der Waals surface area contributed by atoms with Crippen LogP contribution in [0, 0.1) is 5.92 Å². The lowest BCUT2D eigenvalue weighted by atomic mass is 9.90. The van der Waals surface area contributed by atoms with Crippen LogP contribution >= 0.6 is 15.9 Å². The highest BCUT2D eigenvalue weighted by molar-refractivity contribution is 9.10. The van der Waals surface area contributed by atoms with Crippen LogP contribution in [0.2, 0.25) is 0 Å². The van der Waals surface area contributed by atoms with Crippen molar-refractivity contribution < 1.29 is 9.53 Å². The molecule has 3 nitrogen and oxygen atoms in total. The number of halogens is 1. The molecule has 0 bridgehead atoms. The molecule has 2 aliphatic heterocycles. The topological polar surface area (TPSA) is 29.5 Å². The summed E-state index contributed by atoms with van der Waals surface area (Å²) in [6.45, 7) is 6.69. The van der Waals surface area contributed by atoms with E-state index in [1.807, 2.05) is 6.92 Å². The summed E-state index contributed by atoms with van der Waals surface area (Å²) in [5, 5.41) is 0. The number of piperidine rings is 1. The molecule has 0 aromatic heterocycles. The van der Waals surface area contributed by atoms with Crippen molar-refractivity contribution in [3.05, 3.63) is 27.7 Å². The first-order valence-corrected chi connectivity index (χ1v) is 8.06. The standard InChI is InChI=1S/C16H20BrNO2/c1-10-11(2)18(5-3-15(10)19)9-13-8-14(17)7-12-4-6-20-16(12)13/h7-8,10-11H,3-6,9H2,1-2H3. The Labute approximate surface area is 128 Å². The number of fused-ring (bicyclic) bond motifs is 1. The molecule has 0 amide bonds. The van der Waals surface area contributed by atoms with Crippen LogP contribution in [0.5, 0.6) is 5.75 Å². The quantitative estimate of drug-likeness (QED) is 0.830. The molecular weight excluding hydrogens is 318 g/mol. The summed E-state index contributed by atoms with van der Waals surface area (Å²) in [7, 11) is 0. The van der Waals surface area contributed by atoms with Gasteiger partial charge in [0.25, 0.3) is 0 Å². The molecule has 1 saturated heterocycles. The summed E-state index contributed by atoms with van der Waals surface area (Å²) < 4.78 is 6.91. The predicted octanol–water partition coefficient (Wildman–Crippen LogP) is 3.18. The number of carbonyl (C=O) groups excluding carboxylic acids is 1. The molecule has 0 spiro atoms. The number of rotatable bonds is 2. The maximum Gasteiger partial charge on any atom is 0.138 e. The van der Waals surface area contributed by atoms with Gasteiger partial charge in [0.1, 0.15) is 11.5 Å². The minimum Gasteiger partial charge on any atom is -0.493 e. The number of hydrogen-bond acceptors (Lipinski definition) is 3.